The van der Waals surface area contributed by atoms with E-state index in [2.05, 4.69) is 0 Å². The highest BCUT2D eigenvalue weighted by Crippen LogP contribution is 2.24. The van der Waals surface area contributed by atoms with Gasteiger partial charge in [0, 0.05) is 5.69 Å². The van der Waals surface area contributed by atoms with Gasteiger partial charge in [-0.2, -0.15) is 8.42 Å². The molecule has 7 heteroatoms. The largest absolute Gasteiger partial charge is 0.478 e. The number of hydrogen-bond donors (Lipinski definition) is 2. The number of aromatic carboxylic acids is 1. The van der Waals surface area contributed by atoms with E-state index in [0.29, 0.717) is 0 Å². The first kappa shape index (κ1) is 11.4. The lowest BCUT2D eigenvalue weighted by atomic mass is 10.1. The maximum absolute atomic E-state index is 12.7. The van der Waals surface area contributed by atoms with Crippen LogP contribution in [0.4, 0.5) is 9.57 Å². The predicted molar refractivity (Wildman–Crippen MR) is 50.8 cm³/mol. The smallest absolute Gasteiger partial charge is 0.335 e. The second-order valence-electron chi connectivity index (χ2n) is 2.93. The van der Waals surface area contributed by atoms with Crippen molar-refractivity contribution in [1.82, 2.24) is 0 Å². The highest BCUT2D eigenvalue weighted by Gasteiger charge is 2.19. The van der Waals surface area contributed by atoms with Crippen molar-refractivity contribution in [3.05, 3.63) is 23.3 Å². The van der Waals surface area contributed by atoms with Crippen molar-refractivity contribution in [2.45, 2.75) is 11.8 Å². The van der Waals surface area contributed by atoms with Gasteiger partial charge < -0.3 is 10.8 Å². The summed E-state index contributed by atoms with van der Waals surface area (Å²) >= 11 is 0. The van der Waals surface area contributed by atoms with E-state index in [4.69, 9.17) is 10.8 Å². The first-order valence-electron chi connectivity index (χ1n) is 3.81. The lowest BCUT2D eigenvalue weighted by Gasteiger charge is -2.06. The maximum atomic E-state index is 12.7. The van der Waals surface area contributed by atoms with E-state index in [-0.39, 0.29) is 16.8 Å². The number of halogens is 1. The second kappa shape index (κ2) is 3.50. The predicted octanol–water partition coefficient (Wildman–Crippen LogP) is 0.934. The number of nitrogens with two attached hydrogens (primary N) is 1. The minimum absolute atomic E-state index is 0.00231. The van der Waals surface area contributed by atoms with Gasteiger partial charge in [0.25, 0.3) is 0 Å². The molecule has 0 atom stereocenters. The summed E-state index contributed by atoms with van der Waals surface area (Å²) in [4.78, 5) is 9.86. The summed E-state index contributed by atoms with van der Waals surface area (Å²) in [5.74, 6) is -1.37. The number of carboxylic acids is 1. The van der Waals surface area contributed by atoms with Crippen LogP contribution in [0, 0.1) is 6.92 Å². The van der Waals surface area contributed by atoms with Crippen LogP contribution >= 0.6 is 0 Å². The van der Waals surface area contributed by atoms with Gasteiger partial charge in [-0.15, -0.1) is 3.89 Å². The van der Waals surface area contributed by atoms with Crippen LogP contribution in [0.25, 0.3) is 0 Å². The van der Waals surface area contributed by atoms with Gasteiger partial charge in [-0.1, -0.05) is 0 Å². The molecule has 0 radical (unpaired) electrons. The zero-order valence-corrected chi connectivity index (χ0v) is 8.51. The summed E-state index contributed by atoms with van der Waals surface area (Å²) in [7, 11) is -4.96. The minimum Gasteiger partial charge on any atom is -0.478 e. The summed E-state index contributed by atoms with van der Waals surface area (Å²) in [6, 6.07) is 1.82. The number of carbonyl (C=O) groups is 1. The third-order valence-electron chi connectivity index (χ3n) is 1.91. The van der Waals surface area contributed by atoms with Crippen LogP contribution in [-0.2, 0) is 10.2 Å². The number of hydrogen-bond acceptors (Lipinski definition) is 4. The van der Waals surface area contributed by atoms with Crippen LogP contribution in [0.2, 0.25) is 0 Å². The summed E-state index contributed by atoms with van der Waals surface area (Å²) in [5.41, 5.74) is 4.92. The van der Waals surface area contributed by atoms with Crippen LogP contribution in [0.1, 0.15) is 15.9 Å². The molecule has 1 rings (SSSR count). The SMILES string of the molecule is Cc1c(N)cc(C(=O)O)cc1S(=O)(=O)F. The zero-order valence-electron chi connectivity index (χ0n) is 7.69. The van der Waals surface area contributed by atoms with E-state index in [9.17, 15) is 17.1 Å². The molecule has 0 aromatic heterocycles. The van der Waals surface area contributed by atoms with Crippen molar-refractivity contribution in [3.63, 3.8) is 0 Å². The maximum Gasteiger partial charge on any atom is 0.335 e. The zero-order chi connectivity index (χ0) is 11.8. The summed E-state index contributed by atoms with van der Waals surface area (Å²) in [6.45, 7) is 1.30. The molecule has 0 spiro atoms. The topological polar surface area (TPSA) is 97.5 Å². The monoisotopic (exact) mass is 233 g/mol. The normalized spacial score (nSPS) is 11.3. The number of benzene rings is 1. The molecule has 15 heavy (non-hydrogen) atoms. The third kappa shape index (κ3) is 2.24. The van der Waals surface area contributed by atoms with Gasteiger partial charge in [-0.25, -0.2) is 4.79 Å². The third-order valence-corrected chi connectivity index (χ3v) is 2.86. The molecule has 0 fully saturated rings. The fraction of sp³-hybridized carbons (Fsp3) is 0.125. The number of rotatable bonds is 2. The van der Waals surface area contributed by atoms with Gasteiger partial charge in [0.2, 0.25) is 0 Å². The van der Waals surface area contributed by atoms with Crippen LogP contribution in [0.3, 0.4) is 0 Å². The van der Waals surface area contributed by atoms with Crippen LogP contribution in [0.15, 0.2) is 17.0 Å². The van der Waals surface area contributed by atoms with E-state index in [1.807, 2.05) is 0 Å². The van der Waals surface area contributed by atoms with Crippen molar-refractivity contribution >= 4 is 21.9 Å². The Morgan fingerprint density at radius 3 is 2.40 bits per heavy atom. The number of carboxylic acid groups (broad SMARTS) is 1. The fourth-order valence-corrected chi connectivity index (χ4v) is 1.84. The fourth-order valence-electron chi connectivity index (χ4n) is 1.09. The first-order chi connectivity index (χ1) is 6.73. The molecule has 3 N–H and O–H groups in total. The van der Waals surface area contributed by atoms with Gasteiger partial charge >= 0.3 is 16.2 Å². The Morgan fingerprint density at radius 1 is 1.47 bits per heavy atom. The van der Waals surface area contributed by atoms with Crippen molar-refractivity contribution in [2.24, 2.45) is 0 Å². The molecular formula is C8H8FNO4S. The van der Waals surface area contributed by atoms with Crippen LogP contribution in [0.5, 0.6) is 0 Å². The molecular weight excluding hydrogens is 225 g/mol. The van der Waals surface area contributed by atoms with E-state index in [0.717, 1.165) is 12.1 Å². The molecule has 1 aromatic rings. The van der Waals surface area contributed by atoms with E-state index < -0.39 is 21.1 Å². The van der Waals surface area contributed by atoms with Gasteiger partial charge in [-0.05, 0) is 24.6 Å². The van der Waals surface area contributed by atoms with Gasteiger partial charge in [-0.3, -0.25) is 0 Å². The summed E-state index contributed by atoms with van der Waals surface area (Å²) in [6.07, 6.45) is 0. The molecule has 0 aliphatic rings. The van der Waals surface area contributed by atoms with E-state index >= 15 is 0 Å². The Hall–Kier alpha value is -1.63. The van der Waals surface area contributed by atoms with Crippen molar-refractivity contribution in [3.8, 4) is 0 Å². The highest BCUT2D eigenvalue weighted by molar-refractivity contribution is 7.86. The minimum atomic E-state index is -4.96. The lowest BCUT2D eigenvalue weighted by Crippen LogP contribution is -2.05. The van der Waals surface area contributed by atoms with Gasteiger partial charge in [0.1, 0.15) is 4.90 Å². The Balaban J connectivity index is 3.59. The summed E-state index contributed by atoms with van der Waals surface area (Å²) < 4.78 is 34.1. The molecule has 0 bridgehead atoms. The van der Waals surface area contributed by atoms with Crippen LogP contribution < -0.4 is 5.73 Å². The summed E-state index contributed by atoms with van der Waals surface area (Å²) in [5, 5.41) is 8.62. The van der Waals surface area contributed by atoms with Crippen LogP contribution in [-0.4, -0.2) is 19.5 Å². The lowest BCUT2D eigenvalue weighted by molar-refractivity contribution is 0.0696. The molecule has 0 amide bonds. The quantitative estimate of drug-likeness (QED) is 0.585. The average Bonchev–Trinajstić information content (AvgIpc) is 2.06. The molecule has 0 saturated carbocycles. The van der Waals surface area contributed by atoms with Crippen molar-refractivity contribution in [2.75, 3.05) is 5.73 Å². The Bertz CT molecular complexity index is 524. The second-order valence-corrected chi connectivity index (χ2v) is 4.25. The van der Waals surface area contributed by atoms with E-state index in [1.54, 1.807) is 0 Å². The van der Waals surface area contributed by atoms with E-state index in [1.165, 1.54) is 6.92 Å². The average molecular weight is 233 g/mol. The Morgan fingerprint density at radius 2 is 2.00 bits per heavy atom. The molecule has 5 nitrogen and oxygen atoms in total. The molecule has 82 valence electrons. The molecule has 0 saturated heterocycles. The first-order valence-corrected chi connectivity index (χ1v) is 5.20. The molecule has 0 aliphatic carbocycles. The molecule has 0 aliphatic heterocycles. The van der Waals surface area contributed by atoms with Crippen molar-refractivity contribution in [1.29, 1.82) is 0 Å². The van der Waals surface area contributed by atoms with Gasteiger partial charge in [0.05, 0.1) is 5.56 Å². The number of nitrogen functional groups attached to an aromatic ring is 1. The van der Waals surface area contributed by atoms with Crippen molar-refractivity contribution < 1.29 is 22.2 Å². The Kier molecular flexibility index (Phi) is 2.67. The molecule has 0 unspecified atom stereocenters. The van der Waals surface area contributed by atoms with Gasteiger partial charge in [0.15, 0.2) is 0 Å². The Labute approximate surface area is 85.5 Å². The standard InChI is InChI=1S/C8H8FNO4S/c1-4-6(10)2-5(8(11)12)3-7(4)15(9,13)14/h2-3H,10H2,1H3,(H,11,12). The molecule has 1 aromatic carbocycles. The highest BCUT2D eigenvalue weighted by atomic mass is 32.3. The molecule has 0 heterocycles. The number of anilines is 1.